The van der Waals surface area contributed by atoms with Crippen LogP contribution in [-0.4, -0.2) is 22.4 Å². The first-order valence-corrected chi connectivity index (χ1v) is 8.02. The molecule has 4 nitrogen and oxygen atoms in total. The lowest BCUT2D eigenvalue weighted by Crippen LogP contribution is -2.26. The maximum atomic E-state index is 12.8. The van der Waals surface area contributed by atoms with Crippen LogP contribution in [0.2, 0.25) is 0 Å². The second kappa shape index (κ2) is 6.40. The molecule has 0 saturated heterocycles. The van der Waals surface area contributed by atoms with Gasteiger partial charge in [0.25, 0.3) is 5.91 Å². The van der Waals surface area contributed by atoms with Gasteiger partial charge >= 0.3 is 0 Å². The third-order valence-electron chi connectivity index (χ3n) is 4.21. The van der Waals surface area contributed by atoms with Gasteiger partial charge < -0.3 is 13.9 Å². The lowest BCUT2D eigenvalue weighted by Gasteiger charge is -2.16. The molecule has 3 aromatic rings. The molecule has 2 heterocycles. The Morgan fingerprint density at radius 3 is 2.42 bits per heavy atom. The summed E-state index contributed by atoms with van der Waals surface area (Å²) >= 11 is 0. The molecule has 0 saturated carbocycles. The van der Waals surface area contributed by atoms with Crippen LogP contribution in [0.3, 0.4) is 0 Å². The molecule has 4 heteroatoms. The molecule has 0 atom stereocenters. The van der Waals surface area contributed by atoms with Crippen LogP contribution in [0.5, 0.6) is 0 Å². The van der Waals surface area contributed by atoms with Crippen LogP contribution in [0.25, 0.3) is 5.69 Å². The minimum Gasteiger partial charge on any atom is -0.464 e. The lowest BCUT2D eigenvalue weighted by atomic mass is 10.2. The van der Waals surface area contributed by atoms with E-state index >= 15 is 0 Å². The normalized spacial score (nSPS) is 10.8. The molecule has 124 valence electrons. The van der Waals surface area contributed by atoms with E-state index in [9.17, 15) is 4.79 Å². The molecule has 0 N–H and O–H groups in total. The van der Waals surface area contributed by atoms with Crippen LogP contribution in [0.4, 0.5) is 0 Å². The van der Waals surface area contributed by atoms with Crippen molar-refractivity contribution in [3.63, 3.8) is 0 Å². The van der Waals surface area contributed by atoms with Gasteiger partial charge in [0.2, 0.25) is 0 Å². The van der Waals surface area contributed by atoms with Gasteiger partial charge in [-0.1, -0.05) is 18.2 Å². The van der Waals surface area contributed by atoms with Gasteiger partial charge in [0.15, 0.2) is 0 Å². The molecule has 24 heavy (non-hydrogen) atoms. The summed E-state index contributed by atoms with van der Waals surface area (Å²) < 4.78 is 7.68. The van der Waals surface area contributed by atoms with Crippen molar-refractivity contribution in [1.82, 2.24) is 9.47 Å². The Morgan fingerprint density at radius 2 is 1.79 bits per heavy atom. The van der Waals surface area contributed by atoms with Crippen molar-refractivity contribution in [3.8, 4) is 5.69 Å². The highest BCUT2D eigenvalue weighted by atomic mass is 16.3. The standard InChI is InChI=1S/C20H22N2O2/c1-14-12-19(16(3)22(14)17-8-6-5-7-9-17)20(23)21(4)13-18-11-10-15(2)24-18/h5-12H,13H2,1-4H3. The van der Waals surface area contributed by atoms with E-state index in [1.54, 1.807) is 11.9 Å². The van der Waals surface area contributed by atoms with E-state index in [-0.39, 0.29) is 5.91 Å². The Balaban J connectivity index is 1.88. The van der Waals surface area contributed by atoms with Crippen LogP contribution < -0.4 is 0 Å². The molecular weight excluding hydrogens is 300 g/mol. The molecule has 0 bridgehead atoms. The number of furan rings is 1. The number of hydrogen-bond acceptors (Lipinski definition) is 2. The monoisotopic (exact) mass is 322 g/mol. The number of para-hydroxylation sites is 1. The third-order valence-corrected chi connectivity index (χ3v) is 4.21. The highest BCUT2D eigenvalue weighted by Crippen LogP contribution is 2.22. The van der Waals surface area contributed by atoms with Gasteiger partial charge in [-0.2, -0.15) is 0 Å². The van der Waals surface area contributed by atoms with E-state index in [1.807, 2.05) is 69.3 Å². The smallest absolute Gasteiger partial charge is 0.255 e. The Labute approximate surface area is 142 Å². The SMILES string of the molecule is Cc1ccc(CN(C)C(=O)c2cc(C)n(-c3ccccc3)c2C)o1. The van der Waals surface area contributed by atoms with Gasteiger partial charge in [-0.3, -0.25) is 4.79 Å². The number of carbonyl (C=O) groups excluding carboxylic acids is 1. The number of aryl methyl sites for hydroxylation is 2. The maximum Gasteiger partial charge on any atom is 0.255 e. The fourth-order valence-corrected chi connectivity index (χ4v) is 3.03. The van der Waals surface area contributed by atoms with Crippen LogP contribution in [0.1, 0.15) is 33.3 Å². The summed E-state index contributed by atoms with van der Waals surface area (Å²) in [6.45, 7) is 6.37. The molecule has 0 unspecified atom stereocenters. The van der Waals surface area contributed by atoms with Gasteiger partial charge in [-0.15, -0.1) is 0 Å². The minimum atomic E-state index is -0.000616. The fraction of sp³-hybridized carbons (Fsp3) is 0.250. The summed E-state index contributed by atoms with van der Waals surface area (Å²) in [5.41, 5.74) is 3.79. The number of amides is 1. The first kappa shape index (κ1) is 16.1. The Morgan fingerprint density at radius 1 is 1.08 bits per heavy atom. The van der Waals surface area contributed by atoms with E-state index in [1.165, 1.54) is 0 Å². The first-order chi connectivity index (χ1) is 11.5. The van der Waals surface area contributed by atoms with Crippen molar-refractivity contribution in [2.24, 2.45) is 0 Å². The van der Waals surface area contributed by atoms with Gasteiger partial charge in [0, 0.05) is 24.1 Å². The zero-order valence-electron chi connectivity index (χ0n) is 14.5. The first-order valence-electron chi connectivity index (χ1n) is 8.02. The van der Waals surface area contributed by atoms with Crippen LogP contribution in [0.15, 0.2) is 52.9 Å². The van der Waals surface area contributed by atoms with Gasteiger partial charge in [0.1, 0.15) is 11.5 Å². The topological polar surface area (TPSA) is 38.4 Å². The second-order valence-corrected chi connectivity index (χ2v) is 6.13. The molecule has 1 amide bonds. The van der Waals surface area contributed by atoms with Gasteiger partial charge in [-0.05, 0) is 51.1 Å². The summed E-state index contributed by atoms with van der Waals surface area (Å²) in [6, 6.07) is 15.9. The van der Waals surface area contributed by atoms with E-state index in [2.05, 4.69) is 4.57 Å². The van der Waals surface area contributed by atoms with Crippen molar-refractivity contribution in [1.29, 1.82) is 0 Å². The number of nitrogens with zero attached hydrogens (tertiary/aromatic N) is 2. The largest absolute Gasteiger partial charge is 0.464 e. The predicted octanol–water partition coefficient (Wildman–Crippen LogP) is 4.27. The zero-order chi connectivity index (χ0) is 17.3. The number of carbonyl (C=O) groups is 1. The van der Waals surface area contributed by atoms with E-state index in [0.717, 1.165) is 34.2 Å². The van der Waals surface area contributed by atoms with E-state index in [0.29, 0.717) is 6.54 Å². The lowest BCUT2D eigenvalue weighted by molar-refractivity contribution is 0.0774. The minimum absolute atomic E-state index is 0.000616. The number of benzene rings is 1. The molecule has 0 fully saturated rings. The molecule has 3 rings (SSSR count). The third kappa shape index (κ3) is 3.00. The van der Waals surface area contributed by atoms with Crippen LogP contribution in [0, 0.1) is 20.8 Å². The van der Waals surface area contributed by atoms with Crippen LogP contribution >= 0.6 is 0 Å². The summed E-state index contributed by atoms with van der Waals surface area (Å²) in [5.74, 6) is 1.65. The molecule has 0 aliphatic carbocycles. The molecule has 0 radical (unpaired) electrons. The highest BCUT2D eigenvalue weighted by molar-refractivity contribution is 5.95. The summed E-state index contributed by atoms with van der Waals surface area (Å²) in [4.78, 5) is 14.5. The Hall–Kier alpha value is -2.75. The van der Waals surface area contributed by atoms with Crippen molar-refractivity contribution < 1.29 is 9.21 Å². The van der Waals surface area contributed by atoms with E-state index < -0.39 is 0 Å². The zero-order valence-corrected chi connectivity index (χ0v) is 14.5. The molecule has 0 aliphatic rings. The van der Waals surface area contributed by atoms with Gasteiger partial charge in [-0.25, -0.2) is 0 Å². The average Bonchev–Trinajstić information content (AvgIpc) is 3.10. The summed E-state index contributed by atoms with van der Waals surface area (Å²) in [7, 11) is 1.80. The molecule has 0 spiro atoms. The molecular formula is C20H22N2O2. The Bertz CT molecular complexity index is 859. The van der Waals surface area contributed by atoms with Gasteiger partial charge in [0.05, 0.1) is 12.1 Å². The van der Waals surface area contributed by atoms with Crippen LogP contribution in [-0.2, 0) is 6.54 Å². The molecule has 0 aliphatic heterocycles. The average molecular weight is 322 g/mol. The van der Waals surface area contributed by atoms with E-state index in [4.69, 9.17) is 4.42 Å². The summed E-state index contributed by atoms with van der Waals surface area (Å²) in [5, 5.41) is 0. The predicted molar refractivity (Wildman–Crippen MR) is 94.5 cm³/mol. The highest BCUT2D eigenvalue weighted by Gasteiger charge is 2.20. The maximum absolute atomic E-state index is 12.8. The summed E-state index contributed by atoms with van der Waals surface area (Å²) in [6.07, 6.45) is 0. The second-order valence-electron chi connectivity index (χ2n) is 6.13. The Kier molecular flexibility index (Phi) is 4.30. The van der Waals surface area contributed by atoms with Crippen molar-refractivity contribution >= 4 is 5.91 Å². The van der Waals surface area contributed by atoms with Crippen molar-refractivity contribution in [2.75, 3.05) is 7.05 Å². The number of aromatic nitrogens is 1. The quantitative estimate of drug-likeness (QED) is 0.719. The molecule has 1 aromatic carbocycles. The fourth-order valence-electron chi connectivity index (χ4n) is 3.03. The van der Waals surface area contributed by atoms with Crippen molar-refractivity contribution in [2.45, 2.75) is 27.3 Å². The number of rotatable bonds is 4. The number of hydrogen-bond donors (Lipinski definition) is 0. The van der Waals surface area contributed by atoms with Crippen molar-refractivity contribution in [3.05, 3.63) is 77.0 Å². The molecule has 2 aromatic heterocycles.